The molecular formula is C13H20N2OS. The van der Waals surface area contributed by atoms with Crippen molar-refractivity contribution in [1.82, 2.24) is 9.38 Å². The Hall–Kier alpha value is -0.870. The predicted molar refractivity (Wildman–Crippen MR) is 71.5 cm³/mol. The largest absolute Gasteiger partial charge is 0.389 e. The van der Waals surface area contributed by atoms with Crippen LogP contribution in [0.3, 0.4) is 0 Å². The zero-order valence-electron chi connectivity index (χ0n) is 10.5. The fourth-order valence-corrected chi connectivity index (χ4v) is 3.15. The van der Waals surface area contributed by atoms with E-state index < -0.39 is 5.60 Å². The summed E-state index contributed by atoms with van der Waals surface area (Å²) in [6.07, 6.45) is 8.44. The predicted octanol–water partition coefficient (Wildman–Crippen LogP) is 3.27. The molecule has 0 aliphatic heterocycles. The Balaban J connectivity index is 2.14. The zero-order chi connectivity index (χ0) is 12.3. The summed E-state index contributed by atoms with van der Waals surface area (Å²) >= 11 is 1.63. The van der Waals surface area contributed by atoms with Crippen molar-refractivity contribution in [3.05, 3.63) is 23.5 Å². The lowest BCUT2D eigenvalue weighted by Gasteiger charge is -2.26. The van der Waals surface area contributed by atoms with Gasteiger partial charge in [0.05, 0.1) is 11.3 Å². The first-order valence-corrected chi connectivity index (χ1v) is 7.18. The van der Waals surface area contributed by atoms with Crippen molar-refractivity contribution < 1.29 is 5.11 Å². The van der Waals surface area contributed by atoms with Gasteiger partial charge in [0.2, 0.25) is 0 Å². The van der Waals surface area contributed by atoms with Crippen LogP contribution in [0.4, 0.5) is 0 Å². The topological polar surface area (TPSA) is 37.5 Å². The second kappa shape index (κ2) is 5.19. The standard InChI is InChI=1S/C13H20N2OS/c1-3-5-13(16,6-4-2)9-11-10-15-7-8-17-12(15)14-11/h7-8,10,16H,3-6,9H2,1-2H3. The van der Waals surface area contributed by atoms with Crippen LogP contribution >= 0.6 is 11.3 Å². The summed E-state index contributed by atoms with van der Waals surface area (Å²) < 4.78 is 2.03. The molecule has 4 heteroatoms. The van der Waals surface area contributed by atoms with Gasteiger partial charge in [0.1, 0.15) is 0 Å². The summed E-state index contributed by atoms with van der Waals surface area (Å²) in [6, 6.07) is 0. The summed E-state index contributed by atoms with van der Waals surface area (Å²) in [7, 11) is 0. The molecule has 0 aliphatic carbocycles. The summed E-state index contributed by atoms with van der Waals surface area (Å²) in [6.45, 7) is 4.23. The molecule has 0 amide bonds. The van der Waals surface area contributed by atoms with E-state index in [4.69, 9.17) is 0 Å². The van der Waals surface area contributed by atoms with Gasteiger partial charge in [0, 0.05) is 24.2 Å². The zero-order valence-corrected chi connectivity index (χ0v) is 11.3. The Morgan fingerprint density at radius 2 is 2.06 bits per heavy atom. The third-order valence-electron chi connectivity index (χ3n) is 3.08. The van der Waals surface area contributed by atoms with Crippen LogP contribution in [0.15, 0.2) is 17.8 Å². The summed E-state index contributed by atoms with van der Waals surface area (Å²) in [5, 5.41) is 12.6. The van der Waals surface area contributed by atoms with E-state index >= 15 is 0 Å². The van der Waals surface area contributed by atoms with Gasteiger partial charge in [-0.1, -0.05) is 26.7 Å². The molecule has 0 spiro atoms. The number of hydrogen-bond acceptors (Lipinski definition) is 3. The Bertz CT molecular complexity index is 440. The van der Waals surface area contributed by atoms with Gasteiger partial charge in [0.25, 0.3) is 0 Å². The van der Waals surface area contributed by atoms with Gasteiger partial charge in [-0.2, -0.15) is 0 Å². The molecule has 17 heavy (non-hydrogen) atoms. The van der Waals surface area contributed by atoms with Gasteiger partial charge in [-0.3, -0.25) is 4.40 Å². The molecule has 0 aromatic carbocycles. The lowest BCUT2D eigenvalue weighted by Crippen LogP contribution is -2.31. The van der Waals surface area contributed by atoms with Crippen LogP contribution in [-0.2, 0) is 6.42 Å². The molecule has 2 rings (SSSR count). The molecular weight excluding hydrogens is 232 g/mol. The molecule has 2 aromatic heterocycles. The van der Waals surface area contributed by atoms with Crippen molar-refractivity contribution in [2.45, 2.75) is 51.6 Å². The minimum absolute atomic E-state index is 0.576. The van der Waals surface area contributed by atoms with Crippen LogP contribution in [-0.4, -0.2) is 20.1 Å². The molecule has 3 nitrogen and oxygen atoms in total. The fraction of sp³-hybridized carbons (Fsp3) is 0.615. The number of nitrogens with zero attached hydrogens (tertiary/aromatic N) is 2. The van der Waals surface area contributed by atoms with Gasteiger partial charge in [0.15, 0.2) is 4.96 Å². The number of fused-ring (bicyclic) bond motifs is 1. The van der Waals surface area contributed by atoms with E-state index in [9.17, 15) is 5.11 Å². The first-order valence-electron chi connectivity index (χ1n) is 6.30. The highest BCUT2D eigenvalue weighted by Gasteiger charge is 2.26. The quantitative estimate of drug-likeness (QED) is 0.856. The number of thiazole rings is 1. The third kappa shape index (κ3) is 2.87. The minimum atomic E-state index is -0.576. The van der Waals surface area contributed by atoms with E-state index in [0.717, 1.165) is 36.3 Å². The van der Waals surface area contributed by atoms with E-state index in [-0.39, 0.29) is 0 Å². The summed E-state index contributed by atoms with van der Waals surface area (Å²) in [5.74, 6) is 0. The smallest absolute Gasteiger partial charge is 0.193 e. The number of hydrogen-bond donors (Lipinski definition) is 1. The van der Waals surface area contributed by atoms with Gasteiger partial charge in [-0.15, -0.1) is 11.3 Å². The third-order valence-corrected chi connectivity index (χ3v) is 3.85. The molecule has 0 saturated carbocycles. The van der Waals surface area contributed by atoms with E-state index in [1.165, 1.54) is 0 Å². The van der Waals surface area contributed by atoms with Crippen molar-refractivity contribution in [1.29, 1.82) is 0 Å². The maximum absolute atomic E-state index is 10.6. The first-order chi connectivity index (χ1) is 8.17. The Kier molecular flexibility index (Phi) is 3.84. The monoisotopic (exact) mass is 252 g/mol. The molecule has 0 saturated heterocycles. The Morgan fingerprint density at radius 1 is 1.35 bits per heavy atom. The lowest BCUT2D eigenvalue weighted by atomic mass is 9.88. The van der Waals surface area contributed by atoms with Crippen LogP contribution in [0.1, 0.15) is 45.2 Å². The van der Waals surface area contributed by atoms with Crippen molar-refractivity contribution in [3.63, 3.8) is 0 Å². The molecule has 0 atom stereocenters. The summed E-state index contributed by atoms with van der Waals surface area (Å²) in [4.78, 5) is 5.55. The van der Waals surface area contributed by atoms with E-state index in [2.05, 4.69) is 18.8 Å². The molecule has 0 unspecified atom stereocenters. The normalized spacial score (nSPS) is 12.4. The van der Waals surface area contributed by atoms with Crippen LogP contribution in [0.2, 0.25) is 0 Å². The lowest BCUT2D eigenvalue weighted by molar-refractivity contribution is 0.0208. The van der Waals surface area contributed by atoms with E-state index in [0.29, 0.717) is 6.42 Å². The number of imidazole rings is 1. The van der Waals surface area contributed by atoms with Crippen LogP contribution < -0.4 is 0 Å². The Morgan fingerprint density at radius 3 is 2.65 bits per heavy atom. The number of aromatic nitrogens is 2. The first kappa shape index (κ1) is 12.6. The van der Waals surface area contributed by atoms with E-state index in [1.54, 1.807) is 11.3 Å². The Labute approximate surface area is 106 Å². The molecule has 2 heterocycles. The average Bonchev–Trinajstić information content (AvgIpc) is 2.77. The molecule has 0 aliphatic rings. The second-order valence-corrected chi connectivity index (χ2v) is 5.60. The number of rotatable bonds is 6. The number of aliphatic hydroxyl groups is 1. The van der Waals surface area contributed by atoms with Gasteiger partial charge in [-0.25, -0.2) is 4.98 Å². The van der Waals surface area contributed by atoms with Crippen LogP contribution in [0.25, 0.3) is 4.96 Å². The maximum atomic E-state index is 10.6. The van der Waals surface area contributed by atoms with Crippen molar-refractivity contribution in [3.8, 4) is 0 Å². The molecule has 94 valence electrons. The fourth-order valence-electron chi connectivity index (χ4n) is 2.43. The SMILES string of the molecule is CCCC(O)(CCC)Cc1cn2ccsc2n1. The molecule has 1 N–H and O–H groups in total. The van der Waals surface area contributed by atoms with Gasteiger partial charge < -0.3 is 5.11 Å². The van der Waals surface area contributed by atoms with E-state index in [1.807, 2.05) is 22.2 Å². The maximum Gasteiger partial charge on any atom is 0.193 e. The van der Waals surface area contributed by atoms with Crippen LogP contribution in [0.5, 0.6) is 0 Å². The highest BCUT2D eigenvalue weighted by Crippen LogP contribution is 2.25. The summed E-state index contributed by atoms with van der Waals surface area (Å²) in [5.41, 5.74) is 0.425. The van der Waals surface area contributed by atoms with Crippen molar-refractivity contribution in [2.24, 2.45) is 0 Å². The van der Waals surface area contributed by atoms with Crippen LogP contribution in [0, 0.1) is 0 Å². The highest BCUT2D eigenvalue weighted by atomic mass is 32.1. The highest BCUT2D eigenvalue weighted by molar-refractivity contribution is 7.15. The average molecular weight is 252 g/mol. The molecule has 0 bridgehead atoms. The van der Waals surface area contributed by atoms with Gasteiger partial charge in [-0.05, 0) is 12.8 Å². The molecule has 2 aromatic rings. The second-order valence-electron chi connectivity index (χ2n) is 4.73. The molecule has 0 radical (unpaired) electrons. The van der Waals surface area contributed by atoms with Crippen molar-refractivity contribution >= 4 is 16.3 Å². The van der Waals surface area contributed by atoms with Crippen molar-refractivity contribution in [2.75, 3.05) is 0 Å². The van der Waals surface area contributed by atoms with Gasteiger partial charge >= 0.3 is 0 Å². The minimum Gasteiger partial charge on any atom is -0.389 e. The molecule has 0 fully saturated rings.